The second-order valence-corrected chi connectivity index (χ2v) is 5.85. The van der Waals surface area contributed by atoms with Crippen LogP contribution < -0.4 is 5.32 Å². The van der Waals surface area contributed by atoms with Crippen LogP contribution in [0.2, 0.25) is 0 Å². The van der Waals surface area contributed by atoms with Crippen LogP contribution in [0.1, 0.15) is 31.3 Å². The molecule has 0 radical (unpaired) electrons. The molecule has 0 aliphatic rings. The van der Waals surface area contributed by atoms with E-state index in [0.717, 1.165) is 0 Å². The number of carbonyl (C=O) groups excluding carboxylic acids is 2. The quantitative estimate of drug-likeness (QED) is 0.796. The van der Waals surface area contributed by atoms with Crippen molar-refractivity contribution in [2.24, 2.45) is 5.92 Å². The Labute approximate surface area is 139 Å². The predicted octanol–water partition coefficient (Wildman–Crippen LogP) is 2.53. The summed E-state index contributed by atoms with van der Waals surface area (Å²) in [5.74, 6) is -1.10. The van der Waals surface area contributed by atoms with E-state index in [2.05, 4.69) is 15.5 Å². The minimum absolute atomic E-state index is 0.00608. The summed E-state index contributed by atoms with van der Waals surface area (Å²) in [5, 5.41) is 9.28. The maximum Gasteiger partial charge on any atom is 0.356 e. The highest BCUT2D eigenvalue weighted by molar-refractivity contribution is 5.90. The summed E-state index contributed by atoms with van der Waals surface area (Å²) in [5.41, 5.74) is 1.27. The maximum atomic E-state index is 12.9. The van der Waals surface area contributed by atoms with Gasteiger partial charge in [0.1, 0.15) is 11.5 Å². The van der Waals surface area contributed by atoms with Crippen LogP contribution >= 0.6 is 0 Å². The maximum absolute atomic E-state index is 12.9. The molecule has 1 aromatic carbocycles. The molecule has 0 spiro atoms. The fraction of sp³-hybridized carbons (Fsp3) is 0.353. The SMILES string of the molecule is CC(C)C(C)NC(=O)COC(=O)c1cc(-c2ccc(F)cc2)n[nH]1. The third kappa shape index (κ3) is 4.65. The van der Waals surface area contributed by atoms with E-state index in [1.165, 1.54) is 18.2 Å². The monoisotopic (exact) mass is 333 g/mol. The number of aromatic amines is 1. The van der Waals surface area contributed by atoms with Gasteiger partial charge in [-0.1, -0.05) is 13.8 Å². The number of hydrogen-bond donors (Lipinski definition) is 2. The first-order chi connectivity index (χ1) is 11.4. The second-order valence-electron chi connectivity index (χ2n) is 5.85. The summed E-state index contributed by atoms with van der Waals surface area (Å²) in [4.78, 5) is 23.6. The number of hydrogen-bond acceptors (Lipinski definition) is 4. The van der Waals surface area contributed by atoms with E-state index in [1.54, 1.807) is 12.1 Å². The van der Waals surface area contributed by atoms with E-state index in [-0.39, 0.29) is 36.0 Å². The van der Waals surface area contributed by atoms with Gasteiger partial charge < -0.3 is 10.1 Å². The lowest BCUT2D eigenvalue weighted by Gasteiger charge is -2.17. The van der Waals surface area contributed by atoms with Gasteiger partial charge in [0.25, 0.3) is 5.91 Å². The molecule has 0 saturated carbocycles. The summed E-state index contributed by atoms with van der Waals surface area (Å²) in [7, 11) is 0. The van der Waals surface area contributed by atoms with Gasteiger partial charge in [-0.15, -0.1) is 0 Å². The number of amides is 1. The zero-order valence-corrected chi connectivity index (χ0v) is 13.8. The lowest BCUT2D eigenvalue weighted by molar-refractivity contribution is -0.125. The number of aromatic nitrogens is 2. The van der Waals surface area contributed by atoms with E-state index in [4.69, 9.17) is 4.74 Å². The average molecular weight is 333 g/mol. The molecule has 24 heavy (non-hydrogen) atoms. The lowest BCUT2D eigenvalue weighted by Crippen LogP contribution is -2.38. The van der Waals surface area contributed by atoms with Crippen LogP contribution in [0.5, 0.6) is 0 Å². The summed E-state index contributed by atoms with van der Waals surface area (Å²) >= 11 is 0. The van der Waals surface area contributed by atoms with Crippen LogP contribution in [-0.2, 0) is 9.53 Å². The van der Waals surface area contributed by atoms with E-state index in [9.17, 15) is 14.0 Å². The van der Waals surface area contributed by atoms with Crippen molar-refractivity contribution >= 4 is 11.9 Å². The van der Waals surface area contributed by atoms with E-state index < -0.39 is 5.97 Å². The van der Waals surface area contributed by atoms with Gasteiger partial charge in [-0.25, -0.2) is 9.18 Å². The lowest BCUT2D eigenvalue weighted by atomic mass is 10.1. The molecule has 0 aliphatic carbocycles. The van der Waals surface area contributed by atoms with Crippen molar-refractivity contribution in [3.05, 3.63) is 41.8 Å². The van der Waals surface area contributed by atoms with Gasteiger partial charge in [0.15, 0.2) is 6.61 Å². The van der Waals surface area contributed by atoms with Crippen molar-refractivity contribution < 1.29 is 18.7 Å². The van der Waals surface area contributed by atoms with Crippen molar-refractivity contribution in [1.29, 1.82) is 0 Å². The molecule has 1 heterocycles. The topological polar surface area (TPSA) is 84.1 Å². The molecule has 2 rings (SSSR count). The highest BCUT2D eigenvalue weighted by Gasteiger charge is 2.16. The largest absolute Gasteiger partial charge is 0.451 e. The second kappa shape index (κ2) is 7.72. The molecule has 6 nitrogen and oxygen atoms in total. The van der Waals surface area contributed by atoms with Gasteiger partial charge in [-0.3, -0.25) is 9.89 Å². The number of benzene rings is 1. The third-order valence-electron chi connectivity index (χ3n) is 3.66. The highest BCUT2D eigenvalue weighted by Crippen LogP contribution is 2.18. The Kier molecular flexibility index (Phi) is 5.68. The van der Waals surface area contributed by atoms with Gasteiger partial charge in [0.05, 0.1) is 5.69 Å². The predicted molar refractivity (Wildman–Crippen MR) is 86.7 cm³/mol. The number of H-pyrrole nitrogens is 1. The number of ether oxygens (including phenoxy) is 1. The van der Waals surface area contributed by atoms with Crippen LogP contribution in [-0.4, -0.2) is 34.7 Å². The molecular formula is C17H20FN3O3. The van der Waals surface area contributed by atoms with Gasteiger partial charge >= 0.3 is 5.97 Å². The minimum atomic E-state index is -0.678. The Bertz CT molecular complexity index is 710. The van der Waals surface area contributed by atoms with E-state index >= 15 is 0 Å². The van der Waals surface area contributed by atoms with Gasteiger partial charge in [-0.2, -0.15) is 5.10 Å². The van der Waals surface area contributed by atoms with Crippen LogP contribution in [0.4, 0.5) is 4.39 Å². The molecule has 1 amide bonds. The Morgan fingerprint density at radius 2 is 1.92 bits per heavy atom. The molecule has 0 saturated heterocycles. The number of carbonyl (C=O) groups is 2. The molecule has 0 bridgehead atoms. The van der Waals surface area contributed by atoms with Crippen molar-refractivity contribution in [2.45, 2.75) is 26.8 Å². The number of rotatable bonds is 6. The fourth-order valence-corrected chi connectivity index (χ4v) is 1.87. The van der Waals surface area contributed by atoms with Crippen molar-refractivity contribution in [2.75, 3.05) is 6.61 Å². The standard InChI is InChI=1S/C17H20FN3O3/c1-10(2)11(3)19-16(22)9-24-17(23)15-8-14(20-21-15)12-4-6-13(18)7-5-12/h4-8,10-11H,9H2,1-3H3,(H,19,22)(H,20,21). The molecule has 7 heteroatoms. The third-order valence-corrected chi connectivity index (χ3v) is 3.66. The first-order valence-electron chi connectivity index (χ1n) is 7.64. The number of halogens is 1. The van der Waals surface area contributed by atoms with Crippen LogP contribution in [0.15, 0.2) is 30.3 Å². The van der Waals surface area contributed by atoms with Crippen LogP contribution in [0, 0.1) is 11.7 Å². The molecule has 2 N–H and O–H groups in total. The Morgan fingerprint density at radius 3 is 2.54 bits per heavy atom. The fourth-order valence-electron chi connectivity index (χ4n) is 1.87. The zero-order valence-electron chi connectivity index (χ0n) is 13.8. The number of nitrogens with zero attached hydrogens (tertiary/aromatic N) is 1. The van der Waals surface area contributed by atoms with Gasteiger partial charge in [0, 0.05) is 11.6 Å². The van der Waals surface area contributed by atoms with E-state index in [1.807, 2.05) is 20.8 Å². The Morgan fingerprint density at radius 1 is 1.25 bits per heavy atom. The first-order valence-corrected chi connectivity index (χ1v) is 7.64. The summed E-state index contributed by atoms with van der Waals surface area (Å²) in [6.07, 6.45) is 0. The molecule has 0 fully saturated rings. The molecule has 128 valence electrons. The van der Waals surface area contributed by atoms with Crippen molar-refractivity contribution in [3.63, 3.8) is 0 Å². The first kappa shape index (κ1) is 17.7. The summed E-state index contributed by atoms with van der Waals surface area (Å²) < 4.78 is 17.9. The molecular weight excluding hydrogens is 313 g/mol. The van der Waals surface area contributed by atoms with Crippen molar-refractivity contribution in [1.82, 2.24) is 15.5 Å². The van der Waals surface area contributed by atoms with Crippen LogP contribution in [0.3, 0.4) is 0 Å². The molecule has 2 aromatic rings. The average Bonchev–Trinajstić information content (AvgIpc) is 3.03. The summed E-state index contributed by atoms with van der Waals surface area (Å²) in [6, 6.07) is 7.21. The zero-order chi connectivity index (χ0) is 17.7. The highest BCUT2D eigenvalue weighted by atomic mass is 19.1. The Hall–Kier alpha value is -2.70. The minimum Gasteiger partial charge on any atom is -0.451 e. The summed E-state index contributed by atoms with van der Waals surface area (Å²) in [6.45, 7) is 5.49. The number of nitrogens with one attached hydrogen (secondary N) is 2. The normalized spacial score (nSPS) is 12.0. The molecule has 1 aromatic heterocycles. The molecule has 1 unspecified atom stereocenters. The van der Waals surface area contributed by atoms with Gasteiger partial charge in [0.2, 0.25) is 0 Å². The molecule has 0 aliphatic heterocycles. The van der Waals surface area contributed by atoms with Gasteiger partial charge in [-0.05, 0) is 43.2 Å². The van der Waals surface area contributed by atoms with Crippen molar-refractivity contribution in [3.8, 4) is 11.3 Å². The van der Waals surface area contributed by atoms with Crippen LogP contribution in [0.25, 0.3) is 11.3 Å². The smallest absolute Gasteiger partial charge is 0.356 e. The van der Waals surface area contributed by atoms with E-state index in [0.29, 0.717) is 11.3 Å². The molecule has 1 atom stereocenters. The number of esters is 1. The Balaban J connectivity index is 1.92.